The summed E-state index contributed by atoms with van der Waals surface area (Å²) in [6.07, 6.45) is 3.36. The van der Waals surface area contributed by atoms with Gasteiger partial charge < -0.3 is 9.64 Å². The molecule has 24 heavy (non-hydrogen) atoms. The zero-order valence-electron chi connectivity index (χ0n) is 14.5. The minimum atomic E-state index is -3.03. The van der Waals surface area contributed by atoms with Crippen LogP contribution in [0.1, 0.15) is 19.3 Å². The summed E-state index contributed by atoms with van der Waals surface area (Å²) >= 11 is 0. The summed E-state index contributed by atoms with van der Waals surface area (Å²) in [5.74, 6) is 0.535. The van der Waals surface area contributed by atoms with Gasteiger partial charge in [0.05, 0.1) is 24.7 Å². The molecule has 3 aliphatic heterocycles. The summed E-state index contributed by atoms with van der Waals surface area (Å²) < 4.78 is 29.5. The van der Waals surface area contributed by atoms with Crippen molar-refractivity contribution in [3.63, 3.8) is 0 Å². The third-order valence-corrected chi connectivity index (χ3v) is 7.23. The molecule has 1 amide bonds. The number of hydrogen-bond acceptors (Lipinski definition) is 6. The molecule has 2 atom stereocenters. The minimum Gasteiger partial charge on any atom is -0.383 e. The van der Waals surface area contributed by atoms with Crippen molar-refractivity contribution in [1.29, 1.82) is 0 Å². The van der Waals surface area contributed by atoms with Crippen molar-refractivity contribution < 1.29 is 17.9 Å². The van der Waals surface area contributed by atoms with Gasteiger partial charge in [0.1, 0.15) is 0 Å². The molecule has 3 heterocycles. The fourth-order valence-electron chi connectivity index (χ4n) is 4.20. The maximum atomic E-state index is 12.6. The Kier molecular flexibility index (Phi) is 5.79. The van der Waals surface area contributed by atoms with Gasteiger partial charge in [-0.25, -0.2) is 8.42 Å². The molecule has 0 saturated carbocycles. The number of nitrogens with zero attached hydrogens (tertiary/aromatic N) is 3. The lowest BCUT2D eigenvalue weighted by atomic mass is 10.0. The predicted molar refractivity (Wildman–Crippen MR) is 91.7 cm³/mol. The number of fused-ring (bicyclic) bond motifs is 1. The molecule has 3 aliphatic rings. The number of ether oxygens (including phenoxy) is 1. The van der Waals surface area contributed by atoms with Crippen molar-refractivity contribution in [1.82, 2.24) is 14.7 Å². The molecule has 0 aromatic rings. The molecule has 0 radical (unpaired) electrons. The van der Waals surface area contributed by atoms with Crippen molar-refractivity contribution in [2.24, 2.45) is 0 Å². The van der Waals surface area contributed by atoms with E-state index in [1.807, 2.05) is 4.90 Å². The number of methoxy groups -OCH3 is 1. The van der Waals surface area contributed by atoms with E-state index in [0.29, 0.717) is 13.2 Å². The van der Waals surface area contributed by atoms with Gasteiger partial charge in [-0.3, -0.25) is 14.6 Å². The average Bonchev–Trinajstić information content (AvgIpc) is 2.90. The van der Waals surface area contributed by atoms with Crippen LogP contribution in [0.3, 0.4) is 0 Å². The van der Waals surface area contributed by atoms with Gasteiger partial charge in [0.2, 0.25) is 5.91 Å². The summed E-state index contributed by atoms with van der Waals surface area (Å²) in [6, 6.07) is -0.0672. The largest absolute Gasteiger partial charge is 0.383 e. The highest BCUT2D eigenvalue weighted by atomic mass is 32.2. The number of piperazine rings is 1. The van der Waals surface area contributed by atoms with Crippen LogP contribution in [-0.4, -0.2) is 106 Å². The maximum Gasteiger partial charge on any atom is 0.236 e. The number of carbonyl (C=O) groups is 1. The molecule has 7 nitrogen and oxygen atoms in total. The lowest BCUT2D eigenvalue weighted by Crippen LogP contribution is -2.61. The van der Waals surface area contributed by atoms with Crippen LogP contribution in [0.25, 0.3) is 0 Å². The summed E-state index contributed by atoms with van der Waals surface area (Å²) in [5.41, 5.74) is 0. The second-order valence-corrected chi connectivity index (χ2v) is 9.31. The smallest absolute Gasteiger partial charge is 0.236 e. The van der Waals surface area contributed by atoms with Crippen LogP contribution in [0, 0.1) is 0 Å². The highest BCUT2D eigenvalue weighted by molar-refractivity contribution is 7.91. The number of rotatable bonds is 5. The topological polar surface area (TPSA) is 70.2 Å². The first kappa shape index (κ1) is 18.1. The summed E-state index contributed by atoms with van der Waals surface area (Å²) in [6.45, 7) is 4.96. The lowest BCUT2D eigenvalue weighted by Gasteiger charge is -2.44. The van der Waals surface area contributed by atoms with E-state index in [4.69, 9.17) is 4.74 Å². The van der Waals surface area contributed by atoms with E-state index in [-0.39, 0.29) is 29.5 Å². The van der Waals surface area contributed by atoms with E-state index in [1.54, 1.807) is 7.11 Å². The number of sulfone groups is 1. The highest BCUT2D eigenvalue weighted by Crippen LogP contribution is 2.27. The molecule has 3 saturated heterocycles. The quantitative estimate of drug-likeness (QED) is 0.655. The van der Waals surface area contributed by atoms with Crippen LogP contribution in [0.4, 0.5) is 0 Å². The van der Waals surface area contributed by atoms with Crippen LogP contribution >= 0.6 is 0 Å². The van der Waals surface area contributed by atoms with Crippen LogP contribution in [-0.2, 0) is 19.4 Å². The molecule has 0 aromatic heterocycles. The summed E-state index contributed by atoms with van der Waals surface area (Å²) in [5, 5.41) is 0. The normalized spacial score (nSPS) is 31.1. The van der Waals surface area contributed by atoms with Crippen LogP contribution < -0.4 is 0 Å². The first-order chi connectivity index (χ1) is 11.5. The van der Waals surface area contributed by atoms with Gasteiger partial charge in [-0.2, -0.15) is 0 Å². The predicted octanol–water partition coefficient (Wildman–Crippen LogP) is -0.571. The maximum absolute atomic E-state index is 12.6. The molecule has 138 valence electrons. The number of carbonyl (C=O) groups excluding carboxylic acids is 1. The Morgan fingerprint density at radius 2 is 1.62 bits per heavy atom. The molecule has 0 aromatic carbocycles. The van der Waals surface area contributed by atoms with E-state index >= 15 is 0 Å². The van der Waals surface area contributed by atoms with E-state index < -0.39 is 9.84 Å². The van der Waals surface area contributed by atoms with Crippen molar-refractivity contribution in [2.75, 3.05) is 64.5 Å². The third kappa shape index (κ3) is 4.09. The third-order valence-electron chi connectivity index (χ3n) is 5.54. The van der Waals surface area contributed by atoms with Gasteiger partial charge >= 0.3 is 0 Å². The molecular formula is C16H29N3O4S. The Balaban J connectivity index is 1.65. The highest BCUT2D eigenvalue weighted by Gasteiger charge is 2.46. The second-order valence-electron chi connectivity index (χ2n) is 7.15. The van der Waals surface area contributed by atoms with Crippen molar-refractivity contribution in [2.45, 2.75) is 31.3 Å². The van der Waals surface area contributed by atoms with Gasteiger partial charge in [-0.1, -0.05) is 0 Å². The monoisotopic (exact) mass is 359 g/mol. The SMILES string of the molecule is COCCN1CCN(CC(=O)N2CCCCC2)[C@H]2CS(=O)(=O)C[C@H]21. The van der Waals surface area contributed by atoms with E-state index in [1.165, 1.54) is 6.42 Å². The molecule has 8 heteroatoms. The first-order valence-electron chi connectivity index (χ1n) is 8.95. The molecule has 3 rings (SSSR count). The van der Waals surface area contributed by atoms with Crippen LogP contribution in [0.2, 0.25) is 0 Å². The first-order valence-corrected chi connectivity index (χ1v) is 10.8. The van der Waals surface area contributed by atoms with Gasteiger partial charge in [0, 0.05) is 51.9 Å². The van der Waals surface area contributed by atoms with Crippen LogP contribution in [0.15, 0.2) is 0 Å². The lowest BCUT2D eigenvalue weighted by molar-refractivity contribution is -0.134. The van der Waals surface area contributed by atoms with Crippen molar-refractivity contribution in [3.05, 3.63) is 0 Å². The standard InChI is InChI=1S/C16H29N3O4S/c1-23-10-9-17-7-8-19(15-13-24(21,22)12-14(15)17)11-16(20)18-5-3-2-4-6-18/h14-15H,2-13H2,1H3/t14-,15+/m1/s1. The molecular weight excluding hydrogens is 330 g/mol. The average molecular weight is 359 g/mol. The van der Waals surface area contributed by atoms with E-state index in [0.717, 1.165) is 45.6 Å². The second kappa shape index (κ2) is 7.68. The Labute approximate surface area is 144 Å². The number of piperidine rings is 1. The van der Waals surface area contributed by atoms with Crippen LogP contribution in [0.5, 0.6) is 0 Å². The van der Waals surface area contributed by atoms with Gasteiger partial charge in [-0.05, 0) is 19.3 Å². The summed E-state index contributed by atoms with van der Waals surface area (Å²) in [7, 11) is -1.37. The number of amides is 1. The fraction of sp³-hybridized carbons (Fsp3) is 0.938. The fourth-order valence-corrected chi connectivity index (χ4v) is 6.24. The van der Waals surface area contributed by atoms with Gasteiger partial charge in [0.25, 0.3) is 0 Å². The number of likely N-dealkylation sites (tertiary alicyclic amines) is 1. The minimum absolute atomic E-state index is 0.00643. The molecule has 0 aliphatic carbocycles. The number of hydrogen-bond donors (Lipinski definition) is 0. The molecule has 0 bridgehead atoms. The Morgan fingerprint density at radius 1 is 1.00 bits per heavy atom. The van der Waals surface area contributed by atoms with E-state index in [9.17, 15) is 13.2 Å². The summed E-state index contributed by atoms with van der Waals surface area (Å²) in [4.78, 5) is 18.8. The Morgan fingerprint density at radius 3 is 2.29 bits per heavy atom. The molecule has 0 unspecified atom stereocenters. The zero-order chi connectivity index (χ0) is 17.2. The Hall–Kier alpha value is -0.700. The van der Waals surface area contributed by atoms with Gasteiger partial charge in [-0.15, -0.1) is 0 Å². The van der Waals surface area contributed by atoms with E-state index in [2.05, 4.69) is 9.80 Å². The molecule has 3 fully saturated rings. The Bertz CT molecular complexity index is 548. The van der Waals surface area contributed by atoms with Gasteiger partial charge in [0.15, 0.2) is 9.84 Å². The van der Waals surface area contributed by atoms with Crippen molar-refractivity contribution in [3.8, 4) is 0 Å². The molecule has 0 N–H and O–H groups in total. The molecule has 0 spiro atoms. The van der Waals surface area contributed by atoms with Crippen molar-refractivity contribution >= 4 is 15.7 Å². The zero-order valence-corrected chi connectivity index (χ0v) is 15.3.